The lowest BCUT2D eigenvalue weighted by molar-refractivity contribution is 0.0435. The molecule has 2 aromatic heterocycles. The van der Waals surface area contributed by atoms with Crippen molar-refractivity contribution < 1.29 is 9.90 Å². The van der Waals surface area contributed by atoms with E-state index < -0.39 is 6.10 Å². The Bertz CT molecular complexity index is 658. The molecule has 0 radical (unpaired) electrons. The van der Waals surface area contributed by atoms with Gasteiger partial charge in [-0.15, -0.1) is 0 Å². The summed E-state index contributed by atoms with van der Waals surface area (Å²) < 4.78 is 1.67. The van der Waals surface area contributed by atoms with Gasteiger partial charge in [-0.25, -0.2) is 14.5 Å². The molecule has 3 heterocycles. The second-order valence-electron chi connectivity index (χ2n) is 5.87. The zero-order valence-electron chi connectivity index (χ0n) is 13.1. The van der Waals surface area contributed by atoms with Gasteiger partial charge >= 0.3 is 6.03 Å². The molecular formula is C16H21N5O2. The molecular weight excluding hydrogens is 294 g/mol. The van der Waals surface area contributed by atoms with Crippen molar-refractivity contribution in [2.24, 2.45) is 5.92 Å². The van der Waals surface area contributed by atoms with Crippen molar-refractivity contribution >= 4 is 6.03 Å². The first-order chi connectivity index (χ1) is 11.1. The van der Waals surface area contributed by atoms with Crippen molar-refractivity contribution in [3.8, 4) is 5.82 Å². The Balaban J connectivity index is 1.64. The molecule has 2 aromatic rings. The number of urea groups is 1. The summed E-state index contributed by atoms with van der Waals surface area (Å²) in [4.78, 5) is 18.3. The van der Waals surface area contributed by atoms with Crippen LogP contribution >= 0.6 is 0 Å². The summed E-state index contributed by atoms with van der Waals surface area (Å²) in [6, 6.07) is 5.41. The molecule has 0 saturated carbocycles. The molecule has 2 amide bonds. The molecule has 122 valence electrons. The number of aromatic nitrogens is 3. The molecule has 1 fully saturated rings. The molecule has 1 saturated heterocycles. The summed E-state index contributed by atoms with van der Waals surface area (Å²) in [5.74, 6) is 0.939. The fraction of sp³-hybridized carbons (Fsp3) is 0.438. The quantitative estimate of drug-likeness (QED) is 0.891. The van der Waals surface area contributed by atoms with Crippen LogP contribution in [0.5, 0.6) is 0 Å². The number of piperidine rings is 1. The largest absolute Gasteiger partial charge is 0.391 e. The normalized spacial score (nSPS) is 21.2. The minimum atomic E-state index is -0.451. The Morgan fingerprint density at radius 2 is 2.30 bits per heavy atom. The fourth-order valence-electron chi connectivity index (χ4n) is 2.68. The van der Waals surface area contributed by atoms with Crippen molar-refractivity contribution in [3.05, 3.63) is 42.4 Å². The zero-order valence-corrected chi connectivity index (χ0v) is 13.1. The number of nitrogens with zero attached hydrogens (tertiary/aromatic N) is 4. The van der Waals surface area contributed by atoms with E-state index in [2.05, 4.69) is 15.4 Å². The van der Waals surface area contributed by atoms with Crippen molar-refractivity contribution in [2.75, 3.05) is 13.1 Å². The number of nitrogens with one attached hydrogen (secondary N) is 1. The van der Waals surface area contributed by atoms with Gasteiger partial charge < -0.3 is 15.3 Å². The fourth-order valence-corrected chi connectivity index (χ4v) is 2.68. The number of likely N-dealkylation sites (tertiary alicyclic amines) is 1. The summed E-state index contributed by atoms with van der Waals surface area (Å²) in [5, 5.41) is 17.0. The van der Waals surface area contributed by atoms with E-state index >= 15 is 0 Å². The van der Waals surface area contributed by atoms with Crippen LogP contribution in [0.2, 0.25) is 0 Å². The lowest BCUT2D eigenvalue weighted by atomic mass is 9.96. The third-order valence-electron chi connectivity index (χ3n) is 4.22. The predicted octanol–water partition coefficient (Wildman–Crippen LogP) is 1.18. The van der Waals surface area contributed by atoms with Gasteiger partial charge in [0.15, 0.2) is 5.82 Å². The molecule has 2 atom stereocenters. The molecule has 0 aliphatic carbocycles. The van der Waals surface area contributed by atoms with Crippen LogP contribution in [-0.2, 0) is 6.54 Å². The summed E-state index contributed by atoms with van der Waals surface area (Å²) in [6.45, 7) is 3.42. The average molecular weight is 315 g/mol. The number of β-amino-alcohol motifs (C(OH)–C–C–N with tert-alkyl or cyclic N) is 1. The van der Waals surface area contributed by atoms with Crippen LogP contribution < -0.4 is 5.32 Å². The first kappa shape index (κ1) is 15.5. The third-order valence-corrected chi connectivity index (χ3v) is 4.22. The van der Waals surface area contributed by atoms with Crippen LogP contribution in [-0.4, -0.2) is 50.0 Å². The van der Waals surface area contributed by atoms with Gasteiger partial charge in [-0.3, -0.25) is 0 Å². The minimum absolute atomic E-state index is 0.161. The predicted molar refractivity (Wildman–Crippen MR) is 85.0 cm³/mol. The average Bonchev–Trinajstić information content (AvgIpc) is 3.10. The maximum atomic E-state index is 12.3. The number of carbonyl (C=O) groups excluding carboxylic acids is 1. The maximum absolute atomic E-state index is 12.3. The highest BCUT2D eigenvalue weighted by atomic mass is 16.3. The number of hydrogen-bond donors (Lipinski definition) is 2. The zero-order chi connectivity index (χ0) is 16.2. The molecule has 1 aliphatic heterocycles. The molecule has 1 aliphatic rings. The summed E-state index contributed by atoms with van der Waals surface area (Å²) >= 11 is 0. The number of pyridine rings is 1. The SMILES string of the molecule is CC1CCN(C(=O)NCc2cccnc2-n2cccn2)CC1O. The topological polar surface area (TPSA) is 83.3 Å². The van der Waals surface area contributed by atoms with E-state index in [1.165, 1.54) is 0 Å². The Morgan fingerprint density at radius 3 is 3.04 bits per heavy atom. The van der Waals surface area contributed by atoms with Crippen LogP contribution in [0.15, 0.2) is 36.8 Å². The van der Waals surface area contributed by atoms with Crippen molar-refractivity contribution in [1.29, 1.82) is 0 Å². The Hall–Kier alpha value is -2.41. The highest BCUT2D eigenvalue weighted by Gasteiger charge is 2.27. The highest BCUT2D eigenvalue weighted by Crippen LogP contribution is 2.17. The van der Waals surface area contributed by atoms with E-state index in [0.29, 0.717) is 25.5 Å². The first-order valence-corrected chi connectivity index (χ1v) is 7.80. The molecule has 0 bridgehead atoms. The molecule has 7 heteroatoms. The van der Waals surface area contributed by atoms with Crippen molar-refractivity contribution in [3.63, 3.8) is 0 Å². The van der Waals surface area contributed by atoms with E-state index in [0.717, 1.165) is 12.0 Å². The van der Waals surface area contributed by atoms with Gasteiger partial charge in [0.05, 0.1) is 6.10 Å². The molecule has 0 aromatic carbocycles. The van der Waals surface area contributed by atoms with Crippen LogP contribution in [0.3, 0.4) is 0 Å². The van der Waals surface area contributed by atoms with Crippen LogP contribution in [0.25, 0.3) is 5.82 Å². The summed E-state index contributed by atoms with van der Waals surface area (Å²) in [6.07, 6.45) is 5.57. The highest BCUT2D eigenvalue weighted by molar-refractivity contribution is 5.74. The smallest absolute Gasteiger partial charge is 0.317 e. The van der Waals surface area contributed by atoms with Gasteiger partial charge in [-0.2, -0.15) is 5.10 Å². The Morgan fingerprint density at radius 1 is 1.43 bits per heavy atom. The van der Waals surface area contributed by atoms with Gasteiger partial charge in [0, 0.05) is 43.8 Å². The molecule has 7 nitrogen and oxygen atoms in total. The standard InChI is InChI=1S/C16H21N5O2/c1-12-5-9-20(11-14(12)22)16(23)18-10-13-4-2-6-17-15(13)21-8-3-7-19-21/h2-4,6-8,12,14,22H,5,9-11H2,1H3,(H,18,23). The van der Waals surface area contributed by atoms with E-state index in [1.54, 1.807) is 22.0 Å². The molecule has 2 unspecified atom stereocenters. The van der Waals surface area contributed by atoms with Crippen LogP contribution in [0.1, 0.15) is 18.9 Å². The second kappa shape index (κ2) is 6.78. The van der Waals surface area contributed by atoms with E-state index in [-0.39, 0.29) is 11.9 Å². The lowest BCUT2D eigenvalue weighted by Gasteiger charge is -2.34. The monoisotopic (exact) mass is 315 g/mol. The number of carbonyl (C=O) groups is 1. The van der Waals surface area contributed by atoms with E-state index in [4.69, 9.17) is 0 Å². The number of hydrogen-bond acceptors (Lipinski definition) is 4. The van der Waals surface area contributed by atoms with E-state index in [9.17, 15) is 9.90 Å². The van der Waals surface area contributed by atoms with Crippen LogP contribution in [0.4, 0.5) is 4.79 Å². The number of aliphatic hydroxyl groups is 1. The van der Waals surface area contributed by atoms with Gasteiger partial charge in [-0.05, 0) is 24.5 Å². The number of amides is 2. The Kier molecular flexibility index (Phi) is 4.57. The van der Waals surface area contributed by atoms with Crippen molar-refractivity contribution in [2.45, 2.75) is 26.0 Å². The van der Waals surface area contributed by atoms with Crippen molar-refractivity contribution in [1.82, 2.24) is 25.0 Å². The molecule has 0 spiro atoms. The van der Waals surface area contributed by atoms with Gasteiger partial charge in [0.25, 0.3) is 0 Å². The maximum Gasteiger partial charge on any atom is 0.317 e. The van der Waals surface area contributed by atoms with Gasteiger partial charge in [0.1, 0.15) is 0 Å². The molecule has 3 rings (SSSR count). The lowest BCUT2D eigenvalue weighted by Crippen LogP contribution is -2.49. The summed E-state index contributed by atoms with van der Waals surface area (Å²) in [7, 11) is 0. The van der Waals surface area contributed by atoms with Gasteiger partial charge in [0.2, 0.25) is 0 Å². The number of rotatable bonds is 3. The second-order valence-corrected chi connectivity index (χ2v) is 5.87. The van der Waals surface area contributed by atoms with Crippen LogP contribution in [0, 0.1) is 5.92 Å². The molecule has 2 N–H and O–H groups in total. The number of aliphatic hydroxyl groups excluding tert-OH is 1. The summed E-state index contributed by atoms with van der Waals surface area (Å²) in [5.41, 5.74) is 0.885. The Labute approximate surface area is 134 Å². The van der Waals surface area contributed by atoms with Gasteiger partial charge in [-0.1, -0.05) is 13.0 Å². The first-order valence-electron chi connectivity index (χ1n) is 7.80. The molecule has 23 heavy (non-hydrogen) atoms. The minimum Gasteiger partial charge on any atom is -0.391 e. The van der Waals surface area contributed by atoms with E-state index in [1.807, 2.05) is 31.3 Å². The third kappa shape index (κ3) is 3.50.